The van der Waals surface area contributed by atoms with Crippen LogP contribution in [0.4, 0.5) is 0 Å². The third-order valence-corrected chi connectivity index (χ3v) is 4.19. The Kier molecular flexibility index (Phi) is 4.21. The van der Waals surface area contributed by atoms with Crippen LogP contribution in [0.2, 0.25) is 0 Å². The predicted octanol–water partition coefficient (Wildman–Crippen LogP) is 1.70. The van der Waals surface area contributed by atoms with E-state index in [9.17, 15) is 14.7 Å². The van der Waals surface area contributed by atoms with Crippen molar-refractivity contribution in [2.24, 2.45) is 5.41 Å². The normalized spacial score (nSPS) is 23.3. The number of thiophene rings is 1. The third kappa shape index (κ3) is 2.79. The Morgan fingerprint density at radius 1 is 1.58 bits per heavy atom. The zero-order valence-electron chi connectivity index (χ0n) is 10.8. The molecule has 0 saturated carbocycles. The van der Waals surface area contributed by atoms with Gasteiger partial charge in [-0.2, -0.15) is 11.3 Å². The standard InChI is InChI=1S/C13H17NO4S/c1-18-9-13(12(16)17)4-2-5-14(8-13)11(15)10-3-6-19-7-10/h3,6-7H,2,4-5,8-9H2,1H3,(H,16,17). The summed E-state index contributed by atoms with van der Waals surface area (Å²) in [5, 5.41) is 13.1. The number of rotatable bonds is 4. The number of aliphatic carboxylic acids is 1. The van der Waals surface area contributed by atoms with Crippen LogP contribution in [-0.2, 0) is 9.53 Å². The average molecular weight is 283 g/mol. The number of ether oxygens (including phenoxy) is 1. The number of hydrogen-bond acceptors (Lipinski definition) is 4. The number of hydrogen-bond donors (Lipinski definition) is 1. The van der Waals surface area contributed by atoms with Gasteiger partial charge in [0.15, 0.2) is 0 Å². The van der Waals surface area contributed by atoms with Gasteiger partial charge in [-0.05, 0) is 24.3 Å². The molecule has 2 heterocycles. The first-order valence-corrected chi connectivity index (χ1v) is 7.07. The van der Waals surface area contributed by atoms with E-state index < -0.39 is 11.4 Å². The van der Waals surface area contributed by atoms with E-state index in [0.717, 1.165) is 0 Å². The number of carbonyl (C=O) groups is 2. The van der Waals surface area contributed by atoms with E-state index in [2.05, 4.69) is 0 Å². The number of likely N-dealkylation sites (tertiary alicyclic amines) is 1. The molecule has 1 atom stereocenters. The van der Waals surface area contributed by atoms with Crippen molar-refractivity contribution >= 4 is 23.2 Å². The van der Waals surface area contributed by atoms with Crippen LogP contribution >= 0.6 is 11.3 Å². The summed E-state index contributed by atoms with van der Waals surface area (Å²) >= 11 is 1.46. The Balaban J connectivity index is 2.16. The van der Waals surface area contributed by atoms with Crippen LogP contribution in [0.3, 0.4) is 0 Å². The molecule has 104 valence electrons. The fourth-order valence-corrected chi connectivity index (χ4v) is 3.13. The van der Waals surface area contributed by atoms with Gasteiger partial charge in [0.05, 0.1) is 12.2 Å². The molecule has 19 heavy (non-hydrogen) atoms. The molecule has 2 rings (SSSR count). The van der Waals surface area contributed by atoms with Gasteiger partial charge in [0.1, 0.15) is 5.41 Å². The summed E-state index contributed by atoms with van der Waals surface area (Å²) in [6.45, 7) is 0.952. The van der Waals surface area contributed by atoms with Gasteiger partial charge in [-0.25, -0.2) is 0 Å². The highest BCUT2D eigenvalue weighted by Gasteiger charge is 2.43. The molecule has 1 unspecified atom stereocenters. The number of nitrogens with zero attached hydrogens (tertiary/aromatic N) is 1. The highest BCUT2D eigenvalue weighted by atomic mass is 32.1. The minimum absolute atomic E-state index is 0.0947. The van der Waals surface area contributed by atoms with Crippen LogP contribution < -0.4 is 0 Å². The second-order valence-corrected chi connectivity index (χ2v) is 5.64. The molecule has 1 aromatic rings. The van der Waals surface area contributed by atoms with Crippen molar-refractivity contribution < 1.29 is 19.4 Å². The highest BCUT2D eigenvalue weighted by molar-refractivity contribution is 7.08. The number of carboxylic acid groups (broad SMARTS) is 1. The first-order valence-electron chi connectivity index (χ1n) is 6.13. The molecular weight excluding hydrogens is 266 g/mol. The van der Waals surface area contributed by atoms with Crippen molar-refractivity contribution in [3.05, 3.63) is 22.4 Å². The van der Waals surface area contributed by atoms with Crippen LogP contribution in [0, 0.1) is 5.41 Å². The first-order chi connectivity index (χ1) is 9.09. The molecule has 0 aromatic carbocycles. The topological polar surface area (TPSA) is 66.8 Å². The maximum absolute atomic E-state index is 12.3. The smallest absolute Gasteiger partial charge is 0.313 e. The molecule has 0 bridgehead atoms. The van der Waals surface area contributed by atoms with Gasteiger partial charge in [0, 0.05) is 25.6 Å². The lowest BCUT2D eigenvalue weighted by Crippen LogP contribution is -2.52. The summed E-state index contributed by atoms with van der Waals surface area (Å²) in [5.41, 5.74) is -0.345. The molecule has 1 amide bonds. The molecule has 1 aromatic heterocycles. The number of carboxylic acids is 1. The van der Waals surface area contributed by atoms with E-state index in [1.165, 1.54) is 18.4 Å². The summed E-state index contributed by atoms with van der Waals surface area (Å²) in [6, 6.07) is 1.76. The van der Waals surface area contributed by atoms with E-state index in [4.69, 9.17) is 4.74 Å². The van der Waals surface area contributed by atoms with Crippen molar-refractivity contribution in [3.8, 4) is 0 Å². The molecule has 1 N–H and O–H groups in total. The largest absolute Gasteiger partial charge is 0.481 e. The number of amides is 1. The van der Waals surface area contributed by atoms with Crippen LogP contribution in [0.15, 0.2) is 16.8 Å². The second-order valence-electron chi connectivity index (χ2n) is 4.86. The predicted molar refractivity (Wildman–Crippen MR) is 71.4 cm³/mol. The van der Waals surface area contributed by atoms with Gasteiger partial charge in [-0.3, -0.25) is 9.59 Å². The zero-order valence-corrected chi connectivity index (χ0v) is 11.6. The molecule has 6 heteroatoms. The molecular formula is C13H17NO4S. The van der Waals surface area contributed by atoms with E-state index in [-0.39, 0.29) is 19.1 Å². The Labute approximate surface area is 115 Å². The molecule has 0 spiro atoms. The average Bonchev–Trinajstić information content (AvgIpc) is 2.92. The molecule has 0 radical (unpaired) electrons. The molecule has 0 aliphatic carbocycles. The van der Waals surface area contributed by atoms with Gasteiger partial charge < -0.3 is 14.7 Å². The summed E-state index contributed by atoms with van der Waals surface area (Å²) in [5.74, 6) is -0.986. The Bertz CT molecular complexity index is 455. The Morgan fingerprint density at radius 3 is 2.95 bits per heavy atom. The molecule has 1 aliphatic heterocycles. The minimum atomic E-state index is -0.974. The van der Waals surface area contributed by atoms with Crippen LogP contribution in [0.25, 0.3) is 0 Å². The van der Waals surface area contributed by atoms with Crippen molar-refractivity contribution in [2.45, 2.75) is 12.8 Å². The Morgan fingerprint density at radius 2 is 2.37 bits per heavy atom. The van der Waals surface area contributed by atoms with E-state index in [0.29, 0.717) is 24.9 Å². The number of carbonyl (C=O) groups excluding carboxylic acids is 1. The first kappa shape index (κ1) is 14.0. The number of methoxy groups -OCH3 is 1. The van der Waals surface area contributed by atoms with Gasteiger partial charge >= 0.3 is 5.97 Å². The fourth-order valence-electron chi connectivity index (χ4n) is 2.50. The van der Waals surface area contributed by atoms with Gasteiger partial charge in [0.25, 0.3) is 5.91 Å². The molecule has 1 fully saturated rings. The van der Waals surface area contributed by atoms with Crippen LogP contribution in [-0.4, -0.2) is 48.7 Å². The van der Waals surface area contributed by atoms with Crippen molar-refractivity contribution in [3.63, 3.8) is 0 Å². The Hall–Kier alpha value is -1.40. The summed E-state index contributed by atoms with van der Waals surface area (Å²) < 4.78 is 5.05. The minimum Gasteiger partial charge on any atom is -0.481 e. The van der Waals surface area contributed by atoms with Gasteiger partial charge in [-0.15, -0.1) is 0 Å². The fraction of sp³-hybridized carbons (Fsp3) is 0.538. The molecule has 1 aliphatic rings. The van der Waals surface area contributed by atoms with Gasteiger partial charge in [0.2, 0.25) is 0 Å². The van der Waals surface area contributed by atoms with Crippen LogP contribution in [0.1, 0.15) is 23.2 Å². The monoisotopic (exact) mass is 283 g/mol. The third-order valence-electron chi connectivity index (χ3n) is 3.51. The maximum Gasteiger partial charge on any atom is 0.313 e. The van der Waals surface area contributed by atoms with E-state index >= 15 is 0 Å². The zero-order chi connectivity index (χ0) is 13.9. The molecule has 5 nitrogen and oxygen atoms in total. The van der Waals surface area contributed by atoms with E-state index in [1.54, 1.807) is 16.3 Å². The van der Waals surface area contributed by atoms with Crippen molar-refractivity contribution in [1.82, 2.24) is 4.90 Å². The summed E-state index contributed by atoms with van der Waals surface area (Å²) in [7, 11) is 1.49. The van der Waals surface area contributed by atoms with Crippen molar-refractivity contribution in [2.75, 3.05) is 26.8 Å². The van der Waals surface area contributed by atoms with Crippen LogP contribution in [0.5, 0.6) is 0 Å². The quantitative estimate of drug-likeness (QED) is 0.913. The maximum atomic E-state index is 12.3. The highest BCUT2D eigenvalue weighted by Crippen LogP contribution is 2.31. The summed E-state index contributed by atoms with van der Waals surface area (Å²) in [6.07, 6.45) is 1.23. The summed E-state index contributed by atoms with van der Waals surface area (Å²) in [4.78, 5) is 25.4. The second kappa shape index (κ2) is 5.71. The lowest BCUT2D eigenvalue weighted by molar-refractivity contribution is -0.155. The van der Waals surface area contributed by atoms with Gasteiger partial charge in [-0.1, -0.05) is 0 Å². The number of piperidine rings is 1. The van der Waals surface area contributed by atoms with E-state index in [1.807, 2.05) is 5.38 Å². The van der Waals surface area contributed by atoms with Crippen molar-refractivity contribution in [1.29, 1.82) is 0 Å². The lowest BCUT2D eigenvalue weighted by Gasteiger charge is -2.39. The lowest BCUT2D eigenvalue weighted by atomic mass is 9.80. The SMILES string of the molecule is COCC1(C(=O)O)CCCN(C(=O)c2ccsc2)C1. The molecule has 1 saturated heterocycles.